The van der Waals surface area contributed by atoms with Crippen molar-refractivity contribution in [2.45, 2.75) is 50.0 Å². The first-order chi connectivity index (χ1) is 8.38. The monoisotopic (exact) mass is 266 g/mol. The molecule has 1 aliphatic carbocycles. The van der Waals surface area contributed by atoms with E-state index < -0.39 is 18.8 Å². The molecule has 1 amide bonds. The zero-order valence-electron chi connectivity index (χ0n) is 9.91. The minimum atomic E-state index is -4.67. The van der Waals surface area contributed by atoms with Crippen LogP contribution in [0.15, 0.2) is 0 Å². The van der Waals surface area contributed by atoms with E-state index in [1.807, 2.05) is 0 Å². The molecule has 0 aromatic heterocycles. The summed E-state index contributed by atoms with van der Waals surface area (Å²) in [5, 5.41) is 12.1. The van der Waals surface area contributed by atoms with Crippen LogP contribution in [-0.2, 0) is 4.79 Å². The average molecular weight is 266 g/mol. The van der Waals surface area contributed by atoms with Gasteiger partial charge in [-0.1, -0.05) is 0 Å². The third-order valence-corrected chi connectivity index (χ3v) is 3.32. The molecule has 2 aliphatic rings. The lowest BCUT2D eigenvalue weighted by Gasteiger charge is -2.34. The first-order valence-electron chi connectivity index (χ1n) is 6.17. The van der Waals surface area contributed by atoms with Gasteiger partial charge in [0.15, 0.2) is 6.10 Å². The summed E-state index contributed by atoms with van der Waals surface area (Å²) in [6.07, 6.45) is -3.75. The maximum absolute atomic E-state index is 12.2. The third-order valence-electron chi connectivity index (χ3n) is 3.32. The van der Waals surface area contributed by atoms with E-state index in [1.165, 1.54) is 0 Å². The highest BCUT2D eigenvalue weighted by atomic mass is 19.4. The summed E-state index contributed by atoms with van der Waals surface area (Å²) in [6, 6.07) is -0.0434. The predicted molar refractivity (Wildman–Crippen MR) is 57.8 cm³/mol. The van der Waals surface area contributed by atoms with Gasteiger partial charge in [0, 0.05) is 12.6 Å². The van der Waals surface area contributed by atoms with Crippen molar-refractivity contribution < 1.29 is 23.1 Å². The van der Waals surface area contributed by atoms with E-state index in [0.29, 0.717) is 18.9 Å². The number of rotatable bonds is 4. The molecule has 104 valence electrons. The first kappa shape index (κ1) is 13.6. The van der Waals surface area contributed by atoms with Gasteiger partial charge in [-0.05, 0) is 25.7 Å². The van der Waals surface area contributed by atoms with Crippen molar-refractivity contribution in [3.8, 4) is 0 Å². The Balaban J connectivity index is 1.89. The Kier molecular flexibility index (Phi) is 3.82. The summed E-state index contributed by atoms with van der Waals surface area (Å²) in [4.78, 5) is 13.0. The maximum atomic E-state index is 12.2. The summed E-state index contributed by atoms with van der Waals surface area (Å²) >= 11 is 0. The summed E-state index contributed by atoms with van der Waals surface area (Å²) in [5.74, 6) is -0.323. The molecule has 2 rings (SSSR count). The molecule has 1 saturated carbocycles. The van der Waals surface area contributed by atoms with Gasteiger partial charge in [0.25, 0.3) is 0 Å². The van der Waals surface area contributed by atoms with Crippen LogP contribution < -0.4 is 5.32 Å². The van der Waals surface area contributed by atoms with Crippen LogP contribution >= 0.6 is 0 Å². The average Bonchev–Trinajstić information content (AvgIpc) is 3.06. The Bertz CT molecular complexity index is 318. The van der Waals surface area contributed by atoms with Gasteiger partial charge < -0.3 is 15.3 Å². The van der Waals surface area contributed by atoms with Gasteiger partial charge >= 0.3 is 6.18 Å². The standard InChI is InChI=1S/C11H17F3N2O2/c12-11(13,14)9(17)6-16-5-1-2-8(10(16)18)15-7-3-4-7/h7-9,15,17H,1-6H2. The first-order valence-corrected chi connectivity index (χ1v) is 6.17. The molecule has 0 radical (unpaired) electrons. The minimum absolute atomic E-state index is 0.287. The molecule has 7 heteroatoms. The second-order valence-corrected chi connectivity index (χ2v) is 4.98. The second-order valence-electron chi connectivity index (χ2n) is 4.98. The van der Waals surface area contributed by atoms with Crippen LogP contribution in [0.5, 0.6) is 0 Å². The number of carbonyl (C=O) groups excluding carboxylic acids is 1. The number of halogens is 3. The topological polar surface area (TPSA) is 52.6 Å². The molecule has 2 N–H and O–H groups in total. The number of amides is 1. The van der Waals surface area contributed by atoms with E-state index in [-0.39, 0.29) is 18.5 Å². The van der Waals surface area contributed by atoms with Crippen molar-refractivity contribution in [2.24, 2.45) is 0 Å². The number of β-amino-alcohol motifs (C(OH)–C–C–N with tert-alkyl or cyclic N) is 1. The molecule has 0 spiro atoms. The highest BCUT2D eigenvalue weighted by Gasteiger charge is 2.42. The fraction of sp³-hybridized carbons (Fsp3) is 0.909. The Morgan fingerprint density at radius 2 is 2.06 bits per heavy atom. The van der Waals surface area contributed by atoms with Gasteiger partial charge in [-0.2, -0.15) is 13.2 Å². The predicted octanol–water partition coefficient (Wildman–Crippen LogP) is 0.653. The van der Waals surface area contributed by atoms with E-state index in [2.05, 4.69) is 5.32 Å². The van der Waals surface area contributed by atoms with Gasteiger partial charge in [0.2, 0.25) is 5.91 Å². The molecule has 1 heterocycles. The molecule has 1 aliphatic heterocycles. The molecule has 0 bridgehead atoms. The lowest BCUT2D eigenvalue weighted by molar-refractivity contribution is -0.209. The summed E-state index contributed by atoms with van der Waals surface area (Å²) in [6.45, 7) is -0.375. The van der Waals surface area contributed by atoms with Crippen molar-refractivity contribution in [3.05, 3.63) is 0 Å². The van der Waals surface area contributed by atoms with Gasteiger partial charge in [0.1, 0.15) is 0 Å². The van der Waals surface area contributed by atoms with E-state index in [9.17, 15) is 18.0 Å². The highest BCUT2D eigenvalue weighted by Crippen LogP contribution is 2.24. The molecular weight excluding hydrogens is 249 g/mol. The van der Waals surface area contributed by atoms with Crippen molar-refractivity contribution in [2.75, 3.05) is 13.1 Å². The largest absolute Gasteiger partial charge is 0.416 e. The van der Waals surface area contributed by atoms with Crippen LogP contribution in [-0.4, -0.2) is 53.4 Å². The van der Waals surface area contributed by atoms with Gasteiger partial charge in [-0.3, -0.25) is 4.79 Å². The molecule has 1 saturated heterocycles. The Morgan fingerprint density at radius 1 is 1.39 bits per heavy atom. The summed E-state index contributed by atoms with van der Waals surface area (Å²) in [5.41, 5.74) is 0. The van der Waals surface area contributed by atoms with Crippen LogP contribution in [0, 0.1) is 0 Å². The van der Waals surface area contributed by atoms with E-state index in [4.69, 9.17) is 5.11 Å². The summed E-state index contributed by atoms with van der Waals surface area (Å²) in [7, 11) is 0. The molecule has 4 nitrogen and oxygen atoms in total. The minimum Gasteiger partial charge on any atom is -0.382 e. The van der Waals surface area contributed by atoms with Crippen molar-refractivity contribution >= 4 is 5.91 Å². The lowest BCUT2D eigenvalue weighted by atomic mass is 10.0. The fourth-order valence-corrected chi connectivity index (χ4v) is 2.12. The number of nitrogens with one attached hydrogen (secondary N) is 1. The molecule has 0 aromatic carbocycles. The van der Waals surface area contributed by atoms with E-state index >= 15 is 0 Å². The van der Waals surface area contributed by atoms with Crippen molar-refractivity contribution in [1.82, 2.24) is 10.2 Å². The number of carbonyl (C=O) groups is 1. The molecule has 2 atom stereocenters. The van der Waals surface area contributed by atoms with Crippen molar-refractivity contribution in [3.63, 3.8) is 0 Å². The highest BCUT2D eigenvalue weighted by molar-refractivity contribution is 5.82. The quantitative estimate of drug-likeness (QED) is 0.785. The molecule has 2 fully saturated rings. The van der Waals surface area contributed by atoms with Crippen LogP contribution in [0.25, 0.3) is 0 Å². The zero-order chi connectivity index (χ0) is 13.3. The van der Waals surface area contributed by atoms with Crippen molar-refractivity contribution in [1.29, 1.82) is 0 Å². The smallest absolute Gasteiger partial charge is 0.382 e. The van der Waals surface area contributed by atoms with E-state index in [1.54, 1.807) is 0 Å². The number of alkyl halides is 3. The zero-order valence-corrected chi connectivity index (χ0v) is 9.91. The molecular formula is C11H17F3N2O2. The Labute approximate surface area is 103 Å². The molecule has 18 heavy (non-hydrogen) atoms. The van der Waals surface area contributed by atoms with Crippen LogP contribution in [0.2, 0.25) is 0 Å². The third kappa shape index (κ3) is 3.35. The normalized spacial score (nSPS) is 27.4. The van der Waals surface area contributed by atoms with Crippen LogP contribution in [0.1, 0.15) is 25.7 Å². The van der Waals surface area contributed by atoms with E-state index in [0.717, 1.165) is 17.7 Å². The number of nitrogens with zero attached hydrogens (tertiary/aromatic N) is 1. The Hall–Kier alpha value is -0.820. The number of likely N-dealkylation sites (tertiary alicyclic amines) is 1. The van der Waals surface area contributed by atoms with Gasteiger partial charge in [0.05, 0.1) is 12.6 Å². The second kappa shape index (κ2) is 5.05. The number of aliphatic hydroxyl groups is 1. The number of hydrogen-bond acceptors (Lipinski definition) is 3. The van der Waals surface area contributed by atoms with Crippen LogP contribution in [0.4, 0.5) is 13.2 Å². The SMILES string of the molecule is O=C1C(NC2CC2)CCCN1CC(O)C(F)(F)F. The lowest BCUT2D eigenvalue weighted by Crippen LogP contribution is -2.54. The molecule has 0 aromatic rings. The number of hydrogen-bond donors (Lipinski definition) is 2. The van der Waals surface area contributed by atoms with Gasteiger partial charge in [-0.15, -0.1) is 0 Å². The van der Waals surface area contributed by atoms with Crippen LogP contribution in [0.3, 0.4) is 0 Å². The fourth-order valence-electron chi connectivity index (χ4n) is 2.12. The summed E-state index contributed by atoms with van der Waals surface area (Å²) < 4.78 is 36.7. The maximum Gasteiger partial charge on any atom is 0.416 e. The Morgan fingerprint density at radius 3 is 2.61 bits per heavy atom. The number of piperidine rings is 1. The van der Waals surface area contributed by atoms with Gasteiger partial charge in [-0.25, -0.2) is 0 Å². The molecule has 2 unspecified atom stereocenters. The number of aliphatic hydroxyl groups excluding tert-OH is 1.